The first kappa shape index (κ1) is 10.5. The molecule has 17 heavy (non-hydrogen) atoms. The zero-order chi connectivity index (χ0) is 11.7. The molecule has 1 aliphatic rings. The van der Waals surface area contributed by atoms with E-state index in [1.54, 1.807) is 0 Å². The molecule has 0 spiro atoms. The average Bonchev–Trinajstić information content (AvgIpc) is 2.81. The predicted molar refractivity (Wildman–Crippen MR) is 65.2 cm³/mol. The summed E-state index contributed by atoms with van der Waals surface area (Å²) in [5, 5.41) is 16.2. The Balaban J connectivity index is 1.99. The minimum atomic E-state index is 0.820. The van der Waals surface area contributed by atoms with Gasteiger partial charge in [-0.2, -0.15) is 4.52 Å². The number of aryl methyl sites for hydroxylation is 1. The van der Waals surface area contributed by atoms with E-state index in [0.717, 1.165) is 49.9 Å². The number of rotatable bonds is 2. The predicted octanol–water partition coefficient (Wildman–Crippen LogP) is 0.0963. The largest absolute Gasteiger partial charge is 0.353 e. The molecule has 0 bridgehead atoms. The van der Waals surface area contributed by atoms with Crippen LogP contribution in [0.5, 0.6) is 0 Å². The molecule has 3 rings (SSSR count). The smallest absolute Gasteiger partial charge is 0.178 e. The van der Waals surface area contributed by atoms with Crippen molar-refractivity contribution in [3.8, 4) is 0 Å². The monoisotopic (exact) mass is 232 g/mol. The first-order valence-corrected chi connectivity index (χ1v) is 6.05. The van der Waals surface area contributed by atoms with Gasteiger partial charge in [0, 0.05) is 32.6 Å². The summed E-state index contributed by atoms with van der Waals surface area (Å²) in [5.41, 5.74) is 0.820. The third-order valence-corrected chi connectivity index (χ3v) is 3.07. The van der Waals surface area contributed by atoms with Gasteiger partial charge in [-0.15, -0.1) is 15.3 Å². The molecule has 6 nitrogen and oxygen atoms in total. The fraction of sp³-hybridized carbons (Fsp3) is 0.545. The lowest BCUT2D eigenvalue weighted by molar-refractivity contribution is 0.581. The zero-order valence-corrected chi connectivity index (χ0v) is 9.93. The fourth-order valence-electron chi connectivity index (χ4n) is 2.11. The van der Waals surface area contributed by atoms with Gasteiger partial charge < -0.3 is 10.2 Å². The van der Waals surface area contributed by atoms with Crippen LogP contribution in [0.4, 0.5) is 5.82 Å². The van der Waals surface area contributed by atoms with Gasteiger partial charge in [-0.1, -0.05) is 6.92 Å². The summed E-state index contributed by atoms with van der Waals surface area (Å²) in [6, 6.07) is 4.01. The van der Waals surface area contributed by atoms with Gasteiger partial charge in [-0.25, -0.2) is 0 Å². The highest BCUT2D eigenvalue weighted by atomic mass is 15.4. The second kappa shape index (κ2) is 4.29. The topological polar surface area (TPSA) is 58.4 Å². The zero-order valence-electron chi connectivity index (χ0n) is 9.93. The van der Waals surface area contributed by atoms with E-state index in [4.69, 9.17) is 0 Å². The highest BCUT2D eigenvalue weighted by Crippen LogP contribution is 2.12. The number of piperazine rings is 1. The minimum Gasteiger partial charge on any atom is -0.353 e. The lowest BCUT2D eigenvalue weighted by atomic mass is 10.3. The van der Waals surface area contributed by atoms with Crippen LogP contribution in [0.1, 0.15) is 12.7 Å². The van der Waals surface area contributed by atoms with Crippen LogP contribution in [0.25, 0.3) is 5.65 Å². The Hall–Kier alpha value is -1.69. The van der Waals surface area contributed by atoms with Crippen LogP contribution in [0.3, 0.4) is 0 Å². The van der Waals surface area contributed by atoms with Crippen molar-refractivity contribution in [2.45, 2.75) is 13.3 Å². The van der Waals surface area contributed by atoms with Gasteiger partial charge >= 0.3 is 0 Å². The van der Waals surface area contributed by atoms with Crippen LogP contribution >= 0.6 is 0 Å². The standard InChI is InChI=1S/C11H16N6/c1-2-9-13-14-10-3-4-11(15-17(9)10)16-7-5-12-6-8-16/h3-4,12H,2,5-8H2,1H3. The molecule has 2 aromatic heterocycles. The van der Waals surface area contributed by atoms with Crippen molar-refractivity contribution in [3.63, 3.8) is 0 Å². The van der Waals surface area contributed by atoms with Crippen LogP contribution in [0.15, 0.2) is 12.1 Å². The SMILES string of the molecule is CCc1nnc2ccc(N3CCNCC3)nn12. The summed E-state index contributed by atoms with van der Waals surface area (Å²) in [7, 11) is 0. The summed E-state index contributed by atoms with van der Waals surface area (Å²) in [6.07, 6.45) is 0.846. The van der Waals surface area contributed by atoms with Gasteiger partial charge in [0.1, 0.15) is 5.82 Å². The lowest BCUT2D eigenvalue weighted by Crippen LogP contribution is -2.44. The van der Waals surface area contributed by atoms with E-state index in [2.05, 4.69) is 32.4 Å². The van der Waals surface area contributed by atoms with Crippen molar-refractivity contribution < 1.29 is 0 Å². The molecule has 3 heterocycles. The maximum Gasteiger partial charge on any atom is 0.178 e. The normalized spacial score (nSPS) is 16.6. The molecule has 0 atom stereocenters. The van der Waals surface area contributed by atoms with E-state index in [1.807, 2.05) is 16.6 Å². The number of aromatic nitrogens is 4. The number of fused-ring (bicyclic) bond motifs is 1. The molecule has 0 unspecified atom stereocenters. The lowest BCUT2D eigenvalue weighted by Gasteiger charge is -2.28. The minimum absolute atomic E-state index is 0.820. The van der Waals surface area contributed by atoms with Crippen LogP contribution in [-0.2, 0) is 6.42 Å². The second-order valence-electron chi connectivity index (χ2n) is 4.17. The molecular weight excluding hydrogens is 216 g/mol. The van der Waals surface area contributed by atoms with Crippen molar-refractivity contribution in [1.29, 1.82) is 0 Å². The third kappa shape index (κ3) is 1.84. The van der Waals surface area contributed by atoms with E-state index < -0.39 is 0 Å². The fourth-order valence-corrected chi connectivity index (χ4v) is 2.11. The van der Waals surface area contributed by atoms with E-state index >= 15 is 0 Å². The molecule has 6 heteroatoms. The van der Waals surface area contributed by atoms with Crippen molar-refractivity contribution in [1.82, 2.24) is 25.1 Å². The van der Waals surface area contributed by atoms with Crippen LogP contribution in [0, 0.1) is 0 Å². The van der Waals surface area contributed by atoms with Crippen molar-refractivity contribution in [3.05, 3.63) is 18.0 Å². The Morgan fingerprint density at radius 2 is 2.06 bits per heavy atom. The number of nitrogens with one attached hydrogen (secondary N) is 1. The average molecular weight is 232 g/mol. The van der Waals surface area contributed by atoms with Crippen molar-refractivity contribution >= 4 is 11.5 Å². The molecule has 0 amide bonds. The molecule has 0 aromatic carbocycles. The molecule has 1 N–H and O–H groups in total. The molecular formula is C11H16N6. The Morgan fingerprint density at radius 3 is 2.82 bits per heavy atom. The summed E-state index contributed by atoms with van der Waals surface area (Å²) < 4.78 is 1.84. The summed E-state index contributed by atoms with van der Waals surface area (Å²) in [4.78, 5) is 2.29. The second-order valence-corrected chi connectivity index (χ2v) is 4.17. The highest BCUT2D eigenvalue weighted by molar-refractivity contribution is 5.46. The first-order chi connectivity index (χ1) is 8.38. The molecule has 1 saturated heterocycles. The molecule has 1 fully saturated rings. The van der Waals surface area contributed by atoms with E-state index in [-0.39, 0.29) is 0 Å². The molecule has 2 aromatic rings. The Bertz CT molecular complexity index is 514. The van der Waals surface area contributed by atoms with Gasteiger partial charge in [0.05, 0.1) is 0 Å². The van der Waals surface area contributed by atoms with Gasteiger partial charge in [-0.3, -0.25) is 0 Å². The highest BCUT2D eigenvalue weighted by Gasteiger charge is 2.13. The van der Waals surface area contributed by atoms with E-state index in [1.165, 1.54) is 0 Å². The van der Waals surface area contributed by atoms with Crippen molar-refractivity contribution in [2.24, 2.45) is 0 Å². The van der Waals surface area contributed by atoms with E-state index in [9.17, 15) is 0 Å². The van der Waals surface area contributed by atoms with Gasteiger partial charge in [0.15, 0.2) is 11.5 Å². The Morgan fingerprint density at radius 1 is 1.24 bits per heavy atom. The summed E-state index contributed by atoms with van der Waals surface area (Å²) in [5.74, 6) is 1.92. The first-order valence-electron chi connectivity index (χ1n) is 6.05. The number of anilines is 1. The third-order valence-electron chi connectivity index (χ3n) is 3.07. The van der Waals surface area contributed by atoms with Gasteiger partial charge in [0.25, 0.3) is 0 Å². The van der Waals surface area contributed by atoms with Crippen LogP contribution in [-0.4, -0.2) is 46.0 Å². The molecule has 0 aliphatic carbocycles. The molecule has 0 radical (unpaired) electrons. The van der Waals surface area contributed by atoms with Crippen LogP contribution < -0.4 is 10.2 Å². The maximum absolute atomic E-state index is 4.62. The molecule has 1 aliphatic heterocycles. The van der Waals surface area contributed by atoms with E-state index in [0.29, 0.717) is 0 Å². The van der Waals surface area contributed by atoms with Gasteiger partial charge in [0.2, 0.25) is 0 Å². The Labute approximate surface area is 99.6 Å². The quantitative estimate of drug-likeness (QED) is 0.795. The van der Waals surface area contributed by atoms with Gasteiger partial charge in [-0.05, 0) is 12.1 Å². The Kier molecular flexibility index (Phi) is 2.64. The number of hydrogen-bond acceptors (Lipinski definition) is 5. The number of nitrogens with zero attached hydrogens (tertiary/aromatic N) is 5. The molecule has 0 saturated carbocycles. The molecule has 90 valence electrons. The maximum atomic E-state index is 4.62. The summed E-state index contributed by atoms with van der Waals surface area (Å²) in [6.45, 7) is 6.10. The summed E-state index contributed by atoms with van der Waals surface area (Å²) >= 11 is 0. The van der Waals surface area contributed by atoms with Crippen LogP contribution in [0.2, 0.25) is 0 Å². The van der Waals surface area contributed by atoms with Crippen molar-refractivity contribution in [2.75, 3.05) is 31.1 Å². The number of hydrogen-bond donors (Lipinski definition) is 1.